The van der Waals surface area contributed by atoms with Crippen LogP contribution < -0.4 is 10.6 Å². The quantitative estimate of drug-likeness (QED) is 0.553. The largest absolute Gasteiger partial charge is 0.356 e. The van der Waals surface area contributed by atoms with Crippen LogP contribution in [0.5, 0.6) is 0 Å². The first-order valence-corrected chi connectivity index (χ1v) is 4.28. The van der Waals surface area contributed by atoms with Crippen LogP contribution in [-0.4, -0.2) is 25.5 Å². The van der Waals surface area contributed by atoms with Crippen molar-refractivity contribution in [1.82, 2.24) is 10.6 Å². The van der Waals surface area contributed by atoms with Crippen molar-refractivity contribution >= 4 is 5.91 Å². The van der Waals surface area contributed by atoms with Gasteiger partial charge in [0.2, 0.25) is 5.91 Å². The van der Waals surface area contributed by atoms with Gasteiger partial charge in [0, 0.05) is 19.5 Å². The van der Waals surface area contributed by atoms with E-state index in [0.29, 0.717) is 6.42 Å². The molecule has 0 rings (SSSR count). The minimum absolute atomic E-state index is 0.146. The van der Waals surface area contributed by atoms with Crippen LogP contribution in [0.3, 0.4) is 0 Å². The van der Waals surface area contributed by atoms with Gasteiger partial charge in [0.1, 0.15) is 0 Å². The van der Waals surface area contributed by atoms with E-state index in [-0.39, 0.29) is 5.91 Å². The average molecular weight is 158 g/mol. The molecule has 3 nitrogen and oxygen atoms in total. The Hall–Kier alpha value is -0.570. The maximum Gasteiger partial charge on any atom is 0.221 e. The lowest BCUT2D eigenvalue weighted by Crippen LogP contribution is -2.27. The van der Waals surface area contributed by atoms with Crippen molar-refractivity contribution in [1.29, 1.82) is 0 Å². The number of hydrogen-bond donors (Lipinski definition) is 2. The predicted molar refractivity (Wildman–Crippen MR) is 46.5 cm³/mol. The molecule has 11 heavy (non-hydrogen) atoms. The van der Waals surface area contributed by atoms with Crippen molar-refractivity contribution < 1.29 is 4.79 Å². The van der Waals surface area contributed by atoms with Crippen LogP contribution in [0, 0.1) is 0 Å². The minimum atomic E-state index is 0.146. The van der Waals surface area contributed by atoms with Crippen molar-refractivity contribution in [2.24, 2.45) is 0 Å². The molecule has 0 aliphatic heterocycles. The molecule has 0 atom stereocenters. The summed E-state index contributed by atoms with van der Waals surface area (Å²) in [5.41, 5.74) is 0. The lowest BCUT2D eigenvalue weighted by Gasteiger charge is -2.02. The Kier molecular flexibility index (Phi) is 7.15. The highest BCUT2D eigenvalue weighted by Gasteiger charge is 1.96. The molecule has 0 aromatic heterocycles. The third kappa shape index (κ3) is 7.33. The summed E-state index contributed by atoms with van der Waals surface area (Å²) in [7, 11) is 0. The van der Waals surface area contributed by atoms with E-state index in [4.69, 9.17) is 0 Å². The zero-order chi connectivity index (χ0) is 8.53. The number of carbonyl (C=O) groups is 1. The monoisotopic (exact) mass is 158 g/mol. The van der Waals surface area contributed by atoms with E-state index in [1.807, 2.05) is 13.8 Å². The topological polar surface area (TPSA) is 41.1 Å². The molecule has 0 aromatic carbocycles. The van der Waals surface area contributed by atoms with Gasteiger partial charge in [0.15, 0.2) is 0 Å². The number of carbonyl (C=O) groups excluding carboxylic acids is 1. The van der Waals surface area contributed by atoms with Crippen molar-refractivity contribution in [2.75, 3.05) is 19.6 Å². The Bertz CT molecular complexity index is 104. The fourth-order valence-electron chi connectivity index (χ4n) is 0.732. The smallest absolute Gasteiger partial charge is 0.221 e. The summed E-state index contributed by atoms with van der Waals surface area (Å²) in [6, 6.07) is 0. The zero-order valence-corrected chi connectivity index (χ0v) is 7.44. The Balaban J connectivity index is 3.09. The predicted octanol–water partition coefficient (Wildman–Crippen LogP) is 0.512. The lowest BCUT2D eigenvalue weighted by atomic mass is 10.4. The van der Waals surface area contributed by atoms with E-state index >= 15 is 0 Å². The molecule has 0 aromatic rings. The van der Waals surface area contributed by atoms with Crippen molar-refractivity contribution in [3.05, 3.63) is 0 Å². The highest BCUT2D eigenvalue weighted by molar-refractivity contribution is 5.75. The lowest BCUT2D eigenvalue weighted by molar-refractivity contribution is -0.120. The van der Waals surface area contributed by atoms with Gasteiger partial charge in [0.05, 0.1) is 0 Å². The van der Waals surface area contributed by atoms with Gasteiger partial charge < -0.3 is 10.6 Å². The molecule has 2 N–H and O–H groups in total. The van der Waals surface area contributed by atoms with Gasteiger partial charge in [-0.25, -0.2) is 0 Å². The van der Waals surface area contributed by atoms with Gasteiger partial charge in [-0.2, -0.15) is 0 Å². The molecule has 0 saturated carbocycles. The summed E-state index contributed by atoms with van der Waals surface area (Å²) in [6.45, 7) is 6.59. The molecule has 0 saturated heterocycles. The minimum Gasteiger partial charge on any atom is -0.356 e. The molecule has 0 radical (unpaired) electrons. The molecular weight excluding hydrogens is 140 g/mol. The third-order valence-corrected chi connectivity index (χ3v) is 1.35. The highest BCUT2D eigenvalue weighted by atomic mass is 16.1. The van der Waals surface area contributed by atoms with Crippen LogP contribution in [0.25, 0.3) is 0 Å². The molecule has 3 heteroatoms. The van der Waals surface area contributed by atoms with E-state index in [0.717, 1.165) is 26.1 Å². The summed E-state index contributed by atoms with van der Waals surface area (Å²) >= 11 is 0. The van der Waals surface area contributed by atoms with E-state index in [1.165, 1.54) is 0 Å². The number of rotatable bonds is 6. The zero-order valence-electron chi connectivity index (χ0n) is 7.44. The van der Waals surface area contributed by atoms with E-state index in [9.17, 15) is 4.79 Å². The first-order chi connectivity index (χ1) is 5.31. The molecule has 1 amide bonds. The Labute approximate surface area is 68.6 Å². The van der Waals surface area contributed by atoms with Gasteiger partial charge in [0.25, 0.3) is 0 Å². The van der Waals surface area contributed by atoms with Crippen molar-refractivity contribution in [2.45, 2.75) is 26.7 Å². The number of nitrogens with one attached hydrogen (secondary N) is 2. The normalized spacial score (nSPS) is 9.64. The second kappa shape index (κ2) is 7.54. The molecule has 0 spiro atoms. The highest BCUT2D eigenvalue weighted by Crippen LogP contribution is 1.77. The molecule has 0 bridgehead atoms. The summed E-state index contributed by atoms with van der Waals surface area (Å²) in [5, 5.41) is 5.91. The summed E-state index contributed by atoms with van der Waals surface area (Å²) in [4.78, 5) is 10.9. The fraction of sp³-hybridized carbons (Fsp3) is 0.875. The molecular formula is C8H18N2O. The van der Waals surface area contributed by atoms with Gasteiger partial charge in [-0.05, 0) is 13.0 Å². The van der Waals surface area contributed by atoms with Crippen LogP contribution >= 0.6 is 0 Å². The van der Waals surface area contributed by atoms with Gasteiger partial charge in [-0.3, -0.25) is 4.79 Å². The third-order valence-electron chi connectivity index (χ3n) is 1.35. The first kappa shape index (κ1) is 10.4. The Morgan fingerprint density at radius 2 is 2.00 bits per heavy atom. The van der Waals surface area contributed by atoms with E-state index in [2.05, 4.69) is 10.6 Å². The molecule has 0 aliphatic rings. The average Bonchev–Trinajstić information content (AvgIpc) is 2.01. The van der Waals surface area contributed by atoms with Crippen LogP contribution in [0.2, 0.25) is 0 Å². The summed E-state index contributed by atoms with van der Waals surface area (Å²) in [6.07, 6.45) is 1.60. The second-order valence-electron chi connectivity index (χ2n) is 2.45. The number of hydrogen-bond acceptors (Lipinski definition) is 2. The molecule has 0 aliphatic carbocycles. The molecule has 0 heterocycles. The van der Waals surface area contributed by atoms with E-state index in [1.54, 1.807) is 0 Å². The summed E-state index contributed by atoms with van der Waals surface area (Å²) < 4.78 is 0. The molecule has 0 fully saturated rings. The van der Waals surface area contributed by atoms with Gasteiger partial charge >= 0.3 is 0 Å². The number of amides is 1. The SMILES string of the molecule is CCCNC(=O)CCNCC. The standard InChI is InChI=1S/C8H18N2O/c1-3-6-10-8(11)5-7-9-4-2/h9H,3-7H2,1-2H3,(H,10,11). The van der Waals surface area contributed by atoms with Crippen LogP contribution in [0.1, 0.15) is 26.7 Å². The van der Waals surface area contributed by atoms with Crippen molar-refractivity contribution in [3.8, 4) is 0 Å². The first-order valence-electron chi connectivity index (χ1n) is 4.28. The van der Waals surface area contributed by atoms with Crippen LogP contribution in [-0.2, 0) is 4.79 Å². The second-order valence-corrected chi connectivity index (χ2v) is 2.45. The van der Waals surface area contributed by atoms with Crippen molar-refractivity contribution in [3.63, 3.8) is 0 Å². The van der Waals surface area contributed by atoms with Crippen LogP contribution in [0.15, 0.2) is 0 Å². The van der Waals surface area contributed by atoms with Gasteiger partial charge in [-0.1, -0.05) is 13.8 Å². The fourth-order valence-corrected chi connectivity index (χ4v) is 0.732. The van der Waals surface area contributed by atoms with E-state index < -0.39 is 0 Å². The maximum atomic E-state index is 10.9. The molecule has 66 valence electrons. The van der Waals surface area contributed by atoms with Gasteiger partial charge in [-0.15, -0.1) is 0 Å². The van der Waals surface area contributed by atoms with Crippen LogP contribution in [0.4, 0.5) is 0 Å². The maximum absolute atomic E-state index is 10.9. The molecule has 0 unspecified atom stereocenters. The Morgan fingerprint density at radius 1 is 1.27 bits per heavy atom. The Morgan fingerprint density at radius 3 is 2.55 bits per heavy atom. The summed E-state index contributed by atoms with van der Waals surface area (Å²) in [5.74, 6) is 0.146.